The SMILES string of the molecule is S=C(S)[N-]S.[Mo]. The van der Waals surface area contributed by atoms with Crippen molar-refractivity contribution in [3.8, 4) is 0 Å². The summed E-state index contributed by atoms with van der Waals surface area (Å²) in [6.07, 6.45) is 0. The molecule has 0 saturated heterocycles. The van der Waals surface area contributed by atoms with Gasteiger partial charge in [0.15, 0.2) is 0 Å². The number of hydrogen-bond donors (Lipinski definition) is 2. The molecule has 0 bridgehead atoms. The van der Waals surface area contributed by atoms with Crippen LogP contribution in [0.25, 0.3) is 4.72 Å². The zero-order valence-electron chi connectivity index (χ0n) is 2.66. The molecule has 0 radical (unpaired) electrons. The second kappa shape index (κ2) is 6.28. The van der Waals surface area contributed by atoms with E-state index in [1.54, 1.807) is 0 Å². The zero-order valence-corrected chi connectivity index (χ0v) is 7.27. The van der Waals surface area contributed by atoms with Gasteiger partial charge in [-0.05, 0) is 4.32 Å². The number of hydrogen-bond acceptors (Lipinski definition) is 2. The second-order valence-electron chi connectivity index (χ2n) is 0.383. The van der Waals surface area contributed by atoms with E-state index in [2.05, 4.69) is 42.4 Å². The van der Waals surface area contributed by atoms with Gasteiger partial charge in [-0.25, -0.2) is 0 Å². The van der Waals surface area contributed by atoms with Crippen LogP contribution in [0.4, 0.5) is 0 Å². The van der Waals surface area contributed by atoms with Gasteiger partial charge in [-0.1, -0.05) is 12.2 Å². The quantitative estimate of drug-likeness (QED) is 0.358. The minimum absolute atomic E-state index is 0. The molecule has 1 nitrogen and oxygen atoms in total. The van der Waals surface area contributed by atoms with Crippen molar-refractivity contribution in [2.75, 3.05) is 0 Å². The molecule has 0 aromatic rings. The minimum atomic E-state index is 0. The minimum Gasteiger partial charge on any atom is -0.619 e. The summed E-state index contributed by atoms with van der Waals surface area (Å²) in [6.45, 7) is 0. The van der Waals surface area contributed by atoms with Gasteiger partial charge in [0.25, 0.3) is 0 Å². The smallest absolute Gasteiger partial charge is 0 e. The van der Waals surface area contributed by atoms with E-state index in [-0.39, 0.29) is 25.4 Å². The molecule has 0 saturated carbocycles. The Morgan fingerprint density at radius 3 is 1.83 bits per heavy atom. The molecule has 0 N–H and O–H groups in total. The summed E-state index contributed by atoms with van der Waals surface area (Å²) in [6, 6.07) is 0. The molecule has 0 atom stereocenters. The molecule has 0 unspecified atom stereocenters. The first-order valence-electron chi connectivity index (χ1n) is 0.851. The molecule has 0 spiro atoms. The van der Waals surface area contributed by atoms with Crippen LogP contribution < -0.4 is 0 Å². The van der Waals surface area contributed by atoms with Crippen LogP contribution >= 0.6 is 37.7 Å². The van der Waals surface area contributed by atoms with Crippen molar-refractivity contribution in [3.63, 3.8) is 0 Å². The van der Waals surface area contributed by atoms with E-state index in [0.29, 0.717) is 0 Å². The maximum atomic E-state index is 4.32. The van der Waals surface area contributed by atoms with Gasteiger partial charge >= 0.3 is 0 Å². The van der Waals surface area contributed by atoms with Crippen molar-refractivity contribution in [1.29, 1.82) is 0 Å². The molecule has 0 aliphatic heterocycles. The Labute approximate surface area is 67.5 Å². The molecule has 0 heterocycles. The summed E-state index contributed by atoms with van der Waals surface area (Å²) < 4.78 is 3.45. The van der Waals surface area contributed by atoms with E-state index in [9.17, 15) is 0 Å². The van der Waals surface area contributed by atoms with Crippen LogP contribution in [0.5, 0.6) is 0 Å². The summed E-state index contributed by atoms with van der Waals surface area (Å²) in [5.74, 6) is 0. The predicted molar refractivity (Wildman–Crippen MR) is 33.9 cm³/mol. The second-order valence-corrected chi connectivity index (χ2v) is 1.70. The molecule has 5 heteroatoms. The van der Waals surface area contributed by atoms with Gasteiger partial charge in [-0.2, -0.15) is 12.6 Å². The van der Waals surface area contributed by atoms with Crippen molar-refractivity contribution in [3.05, 3.63) is 4.72 Å². The molecular formula is CH2MoNS3-. The Kier molecular flexibility index (Phi) is 10.8. The van der Waals surface area contributed by atoms with Gasteiger partial charge in [0, 0.05) is 21.1 Å². The standard InChI is InChI=1S/CH3NS3.Mo/c3-1(4)2-5;/h(H3,2,3,4,5);/p-1. The van der Waals surface area contributed by atoms with E-state index in [1.807, 2.05) is 0 Å². The van der Waals surface area contributed by atoms with Crippen LogP contribution in [-0.4, -0.2) is 4.32 Å². The van der Waals surface area contributed by atoms with Crippen LogP contribution in [-0.2, 0) is 21.1 Å². The van der Waals surface area contributed by atoms with Crippen LogP contribution in [0.15, 0.2) is 0 Å². The molecular weight excluding hydrogens is 218 g/mol. The third-order valence-electron chi connectivity index (χ3n) is 0.0855. The van der Waals surface area contributed by atoms with Gasteiger partial charge in [0.2, 0.25) is 0 Å². The van der Waals surface area contributed by atoms with Gasteiger partial charge in [0.1, 0.15) is 0 Å². The van der Waals surface area contributed by atoms with E-state index in [1.165, 1.54) is 0 Å². The topological polar surface area (TPSA) is 14.1 Å². The Bertz CT molecular complexity index is 46.1. The molecule has 0 rings (SSSR count). The summed E-state index contributed by atoms with van der Waals surface area (Å²) >= 11 is 11.3. The van der Waals surface area contributed by atoms with Crippen molar-refractivity contribution in [1.82, 2.24) is 0 Å². The average Bonchev–Trinajstić information content (AvgIpc) is 1.38. The summed E-state index contributed by atoms with van der Waals surface area (Å²) in [7, 11) is 0. The summed E-state index contributed by atoms with van der Waals surface area (Å²) in [4.78, 5) is 0. The van der Waals surface area contributed by atoms with E-state index in [4.69, 9.17) is 0 Å². The third kappa shape index (κ3) is 8.99. The van der Waals surface area contributed by atoms with Crippen molar-refractivity contribution in [2.24, 2.45) is 0 Å². The Hall–Kier alpha value is 1.28. The predicted octanol–water partition coefficient (Wildman–Crippen LogP) is 1.42. The molecule has 0 fully saturated rings. The molecule has 0 amide bonds. The molecule has 6 heavy (non-hydrogen) atoms. The monoisotopic (exact) mass is 222 g/mol. The van der Waals surface area contributed by atoms with Gasteiger partial charge in [-0.3, -0.25) is 12.8 Å². The van der Waals surface area contributed by atoms with Crippen LogP contribution in [0.1, 0.15) is 0 Å². The molecule has 36 valence electrons. The fourth-order valence-electron chi connectivity index (χ4n) is 0. The Morgan fingerprint density at radius 1 is 1.67 bits per heavy atom. The van der Waals surface area contributed by atoms with E-state index in [0.717, 1.165) is 0 Å². The first-order valence-corrected chi connectivity index (χ1v) is 2.11. The summed E-state index contributed by atoms with van der Waals surface area (Å²) in [5, 5.41) is 0. The third-order valence-corrected chi connectivity index (χ3v) is 0.770. The Morgan fingerprint density at radius 2 is 1.83 bits per heavy atom. The van der Waals surface area contributed by atoms with Gasteiger partial charge < -0.3 is 4.72 Å². The molecule has 0 aliphatic carbocycles. The number of rotatable bonds is 0. The molecule has 0 aromatic heterocycles. The molecule has 0 aromatic carbocycles. The first-order chi connectivity index (χ1) is 2.27. The number of thiol groups is 2. The maximum Gasteiger partial charge on any atom is 0 e. The fraction of sp³-hybridized carbons (Fsp3) is 0. The maximum absolute atomic E-state index is 4.32. The zero-order chi connectivity index (χ0) is 4.28. The number of nitrogens with zero attached hydrogens (tertiary/aromatic N) is 1. The van der Waals surface area contributed by atoms with Gasteiger partial charge in [0.05, 0.1) is 0 Å². The van der Waals surface area contributed by atoms with Crippen molar-refractivity contribution < 1.29 is 21.1 Å². The van der Waals surface area contributed by atoms with Crippen LogP contribution in [0.2, 0.25) is 0 Å². The van der Waals surface area contributed by atoms with E-state index >= 15 is 0 Å². The van der Waals surface area contributed by atoms with Crippen LogP contribution in [0, 0.1) is 0 Å². The average molecular weight is 220 g/mol. The largest absolute Gasteiger partial charge is 0.619 e. The van der Waals surface area contributed by atoms with Crippen molar-refractivity contribution in [2.45, 2.75) is 0 Å². The van der Waals surface area contributed by atoms with Crippen LogP contribution in [0.3, 0.4) is 0 Å². The van der Waals surface area contributed by atoms with E-state index < -0.39 is 0 Å². The Balaban J connectivity index is 0. The summed E-state index contributed by atoms with van der Waals surface area (Å²) in [5.41, 5.74) is 0. The number of thiocarbonyl (C=S) groups is 1. The normalized spacial score (nSPS) is 5.67. The first kappa shape index (κ1) is 10.3. The fourth-order valence-corrected chi connectivity index (χ4v) is 0. The van der Waals surface area contributed by atoms with Crippen molar-refractivity contribution >= 4 is 42.0 Å². The van der Waals surface area contributed by atoms with Gasteiger partial charge in [-0.15, -0.1) is 0 Å². The molecule has 0 aliphatic rings.